The van der Waals surface area contributed by atoms with Crippen LogP contribution < -0.4 is 5.32 Å². The summed E-state index contributed by atoms with van der Waals surface area (Å²) in [4.78, 5) is 4.55. The van der Waals surface area contributed by atoms with E-state index in [0.29, 0.717) is 11.8 Å². The zero-order valence-electron chi connectivity index (χ0n) is 10.2. The van der Waals surface area contributed by atoms with Crippen LogP contribution in [-0.4, -0.2) is 23.2 Å². The number of piperidine rings is 1. The van der Waals surface area contributed by atoms with Crippen LogP contribution in [0.2, 0.25) is 0 Å². The summed E-state index contributed by atoms with van der Waals surface area (Å²) in [5.74, 6) is 2.62. The van der Waals surface area contributed by atoms with Gasteiger partial charge in [-0.2, -0.15) is 4.98 Å². The van der Waals surface area contributed by atoms with Crippen molar-refractivity contribution in [2.75, 3.05) is 13.1 Å². The molecule has 1 aromatic heterocycles. The molecule has 2 rings (SSSR count). The highest BCUT2D eigenvalue weighted by Crippen LogP contribution is 2.25. The Morgan fingerprint density at radius 3 is 2.88 bits per heavy atom. The van der Waals surface area contributed by atoms with Gasteiger partial charge in [0, 0.05) is 11.8 Å². The second-order valence-corrected chi connectivity index (χ2v) is 4.70. The molecule has 1 fully saturated rings. The molecule has 1 aliphatic rings. The van der Waals surface area contributed by atoms with Gasteiger partial charge >= 0.3 is 0 Å². The summed E-state index contributed by atoms with van der Waals surface area (Å²) in [6, 6.07) is 0. The molecule has 0 bridgehead atoms. The lowest BCUT2D eigenvalue weighted by Gasteiger charge is -2.19. The maximum absolute atomic E-state index is 5.35. The smallest absolute Gasteiger partial charge is 0.229 e. The van der Waals surface area contributed by atoms with E-state index < -0.39 is 0 Å². The van der Waals surface area contributed by atoms with Crippen LogP contribution in [0.3, 0.4) is 0 Å². The van der Waals surface area contributed by atoms with Crippen LogP contribution in [0.15, 0.2) is 4.52 Å². The second kappa shape index (κ2) is 5.43. The Morgan fingerprint density at radius 1 is 1.44 bits per heavy atom. The van der Waals surface area contributed by atoms with Crippen molar-refractivity contribution < 1.29 is 4.52 Å². The Morgan fingerprint density at radius 2 is 2.19 bits per heavy atom. The molecule has 0 amide bonds. The summed E-state index contributed by atoms with van der Waals surface area (Å²) in [6.07, 6.45) is 4.53. The third-order valence-electron chi connectivity index (χ3n) is 3.31. The summed E-state index contributed by atoms with van der Waals surface area (Å²) in [7, 11) is 0. The van der Waals surface area contributed by atoms with Crippen LogP contribution in [0, 0.1) is 0 Å². The average molecular weight is 223 g/mol. The maximum atomic E-state index is 5.35. The maximum Gasteiger partial charge on any atom is 0.229 e. The molecule has 90 valence electrons. The van der Waals surface area contributed by atoms with Gasteiger partial charge in [0.2, 0.25) is 5.89 Å². The van der Waals surface area contributed by atoms with Crippen molar-refractivity contribution >= 4 is 0 Å². The third-order valence-corrected chi connectivity index (χ3v) is 3.31. The third kappa shape index (κ3) is 2.61. The van der Waals surface area contributed by atoms with E-state index in [1.54, 1.807) is 0 Å². The molecule has 4 heteroatoms. The van der Waals surface area contributed by atoms with Crippen molar-refractivity contribution in [3.8, 4) is 0 Å². The summed E-state index contributed by atoms with van der Waals surface area (Å²) >= 11 is 0. The predicted molar refractivity (Wildman–Crippen MR) is 62.5 cm³/mol. The zero-order valence-corrected chi connectivity index (χ0v) is 10.2. The second-order valence-electron chi connectivity index (χ2n) is 4.70. The molecule has 1 unspecified atom stereocenters. The standard InChI is InChI=1S/C12H21N3O/c1-3-4-9(2)12-14-11(15-16-12)10-5-7-13-8-6-10/h9-10,13H,3-8H2,1-2H3. The normalized spacial score (nSPS) is 19.9. The van der Waals surface area contributed by atoms with E-state index in [1.807, 2.05) is 0 Å². The van der Waals surface area contributed by atoms with E-state index in [-0.39, 0.29) is 0 Å². The highest BCUT2D eigenvalue weighted by Gasteiger charge is 2.22. The summed E-state index contributed by atoms with van der Waals surface area (Å²) in [5, 5.41) is 7.48. The predicted octanol–water partition coefficient (Wildman–Crippen LogP) is 2.44. The SMILES string of the molecule is CCCC(C)c1nc(C2CCNCC2)no1. The molecule has 0 saturated carbocycles. The van der Waals surface area contributed by atoms with Crippen LogP contribution in [-0.2, 0) is 0 Å². The first-order valence-corrected chi connectivity index (χ1v) is 6.35. The number of hydrogen-bond donors (Lipinski definition) is 1. The fourth-order valence-corrected chi connectivity index (χ4v) is 2.25. The van der Waals surface area contributed by atoms with Crippen LogP contribution in [0.1, 0.15) is 63.1 Å². The van der Waals surface area contributed by atoms with E-state index in [4.69, 9.17) is 4.52 Å². The minimum atomic E-state index is 0.396. The largest absolute Gasteiger partial charge is 0.339 e. The van der Waals surface area contributed by atoms with Gasteiger partial charge in [-0.15, -0.1) is 0 Å². The fourth-order valence-electron chi connectivity index (χ4n) is 2.25. The molecule has 4 nitrogen and oxygen atoms in total. The number of nitrogens with one attached hydrogen (secondary N) is 1. The lowest BCUT2D eigenvalue weighted by molar-refractivity contribution is 0.341. The minimum Gasteiger partial charge on any atom is -0.339 e. The van der Waals surface area contributed by atoms with Gasteiger partial charge in [0.1, 0.15) is 0 Å². The Kier molecular flexibility index (Phi) is 3.93. The van der Waals surface area contributed by atoms with E-state index >= 15 is 0 Å². The van der Waals surface area contributed by atoms with Crippen molar-refractivity contribution in [3.63, 3.8) is 0 Å². The van der Waals surface area contributed by atoms with Gasteiger partial charge in [-0.05, 0) is 32.4 Å². The molecule has 16 heavy (non-hydrogen) atoms. The lowest BCUT2D eigenvalue weighted by Crippen LogP contribution is -2.27. The Labute approximate surface area is 96.8 Å². The zero-order chi connectivity index (χ0) is 11.4. The van der Waals surface area contributed by atoms with Gasteiger partial charge in [0.15, 0.2) is 5.82 Å². The molecule has 1 N–H and O–H groups in total. The highest BCUT2D eigenvalue weighted by atomic mass is 16.5. The number of nitrogens with zero attached hydrogens (tertiary/aromatic N) is 2. The monoisotopic (exact) mass is 223 g/mol. The van der Waals surface area contributed by atoms with E-state index in [9.17, 15) is 0 Å². The van der Waals surface area contributed by atoms with E-state index in [0.717, 1.165) is 50.5 Å². The van der Waals surface area contributed by atoms with Crippen molar-refractivity contribution in [1.29, 1.82) is 0 Å². The summed E-state index contributed by atoms with van der Waals surface area (Å²) in [6.45, 7) is 6.47. The van der Waals surface area contributed by atoms with Crippen molar-refractivity contribution in [3.05, 3.63) is 11.7 Å². The topological polar surface area (TPSA) is 51.0 Å². The highest BCUT2D eigenvalue weighted by molar-refractivity contribution is 4.99. The summed E-state index contributed by atoms with van der Waals surface area (Å²) < 4.78 is 5.35. The molecule has 1 saturated heterocycles. The average Bonchev–Trinajstić information content (AvgIpc) is 2.80. The molecule has 1 atom stereocenters. The Hall–Kier alpha value is -0.900. The molecule has 1 aliphatic heterocycles. The first-order chi connectivity index (χ1) is 7.81. The summed E-state index contributed by atoms with van der Waals surface area (Å²) in [5.41, 5.74) is 0. The number of aromatic nitrogens is 2. The molecular weight excluding hydrogens is 202 g/mol. The molecule has 0 aliphatic carbocycles. The van der Waals surface area contributed by atoms with E-state index in [2.05, 4.69) is 29.3 Å². The van der Waals surface area contributed by atoms with E-state index in [1.165, 1.54) is 0 Å². The van der Waals surface area contributed by atoms with Crippen LogP contribution in [0.5, 0.6) is 0 Å². The van der Waals surface area contributed by atoms with Gasteiger partial charge in [0.05, 0.1) is 0 Å². The van der Waals surface area contributed by atoms with Crippen LogP contribution >= 0.6 is 0 Å². The fraction of sp³-hybridized carbons (Fsp3) is 0.833. The molecule has 2 heterocycles. The van der Waals surface area contributed by atoms with Gasteiger partial charge in [-0.1, -0.05) is 25.4 Å². The number of hydrogen-bond acceptors (Lipinski definition) is 4. The Balaban J connectivity index is 2.00. The molecule has 0 aromatic carbocycles. The van der Waals surface area contributed by atoms with Gasteiger partial charge < -0.3 is 9.84 Å². The molecular formula is C12H21N3O. The van der Waals surface area contributed by atoms with Crippen molar-refractivity contribution in [1.82, 2.24) is 15.5 Å². The molecule has 0 radical (unpaired) electrons. The van der Waals surface area contributed by atoms with Crippen LogP contribution in [0.4, 0.5) is 0 Å². The van der Waals surface area contributed by atoms with Gasteiger partial charge in [0.25, 0.3) is 0 Å². The molecule has 0 spiro atoms. The van der Waals surface area contributed by atoms with Gasteiger partial charge in [-0.3, -0.25) is 0 Å². The quantitative estimate of drug-likeness (QED) is 0.851. The van der Waals surface area contributed by atoms with Gasteiger partial charge in [-0.25, -0.2) is 0 Å². The van der Waals surface area contributed by atoms with Crippen molar-refractivity contribution in [2.45, 2.75) is 51.4 Å². The lowest BCUT2D eigenvalue weighted by atomic mass is 9.97. The molecule has 1 aromatic rings. The first kappa shape index (κ1) is 11.6. The van der Waals surface area contributed by atoms with Crippen molar-refractivity contribution in [2.24, 2.45) is 0 Å². The minimum absolute atomic E-state index is 0.396. The number of rotatable bonds is 4. The van der Waals surface area contributed by atoms with Crippen LogP contribution in [0.25, 0.3) is 0 Å². The Bertz CT molecular complexity index is 318. The first-order valence-electron chi connectivity index (χ1n) is 6.35.